The van der Waals surface area contributed by atoms with E-state index in [9.17, 15) is 4.79 Å². The van der Waals surface area contributed by atoms with Gasteiger partial charge >= 0.3 is 0 Å². The molecular formula is C12H24N2O. The Kier molecular flexibility index (Phi) is 3.77. The summed E-state index contributed by atoms with van der Waals surface area (Å²) in [4.78, 5) is 13.9. The molecule has 1 aliphatic heterocycles. The molecule has 3 heteroatoms. The smallest absolute Gasteiger partial charge is 0.240 e. The fourth-order valence-electron chi connectivity index (χ4n) is 1.73. The molecule has 1 saturated heterocycles. The van der Waals surface area contributed by atoms with E-state index in [0.29, 0.717) is 12.6 Å². The first kappa shape index (κ1) is 12.5. The number of nitrogens with one attached hydrogen (secondary N) is 1. The summed E-state index contributed by atoms with van der Waals surface area (Å²) in [5, 5.41) is 3.24. The summed E-state index contributed by atoms with van der Waals surface area (Å²) >= 11 is 0. The summed E-state index contributed by atoms with van der Waals surface area (Å²) < 4.78 is 0. The van der Waals surface area contributed by atoms with Crippen LogP contribution in [0.3, 0.4) is 0 Å². The van der Waals surface area contributed by atoms with Crippen LogP contribution in [0.5, 0.6) is 0 Å². The maximum atomic E-state index is 11.9. The Labute approximate surface area is 93.2 Å². The molecule has 1 aliphatic rings. The second-order valence-corrected chi connectivity index (χ2v) is 5.50. The highest BCUT2D eigenvalue weighted by Crippen LogP contribution is 2.28. The van der Waals surface area contributed by atoms with Crippen LogP contribution in [-0.4, -0.2) is 30.1 Å². The third-order valence-corrected chi connectivity index (χ3v) is 3.71. The molecule has 88 valence electrons. The topological polar surface area (TPSA) is 32.3 Å². The summed E-state index contributed by atoms with van der Waals surface area (Å²) in [6.45, 7) is 12.5. The number of hydrogen-bond donors (Lipinski definition) is 1. The van der Waals surface area contributed by atoms with E-state index in [2.05, 4.69) is 33.0 Å². The molecule has 0 aliphatic carbocycles. The molecular weight excluding hydrogens is 188 g/mol. The van der Waals surface area contributed by atoms with Crippen molar-refractivity contribution >= 4 is 5.91 Å². The summed E-state index contributed by atoms with van der Waals surface area (Å²) in [5.41, 5.74) is 0.194. The van der Waals surface area contributed by atoms with E-state index in [4.69, 9.17) is 0 Å². The van der Waals surface area contributed by atoms with Crippen LogP contribution in [0, 0.1) is 11.3 Å². The molecule has 0 spiro atoms. The first-order chi connectivity index (χ1) is 6.88. The van der Waals surface area contributed by atoms with Gasteiger partial charge in [-0.15, -0.1) is 0 Å². The molecule has 0 aromatic heterocycles. The standard InChI is InChI=1S/C12H24N2O/c1-6-10-11(15)14(8-13-10)7-12(4,5)9(2)3/h9-10,13H,6-8H2,1-5H3. The lowest BCUT2D eigenvalue weighted by molar-refractivity contribution is -0.130. The number of carbonyl (C=O) groups excluding carboxylic acids is 1. The van der Waals surface area contributed by atoms with Crippen LogP contribution in [0.4, 0.5) is 0 Å². The minimum absolute atomic E-state index is 0.0490. The first-order valence-electron chi connectivity index (χ1n) is 5.90. The molecule has 1 amide bonds. The zero-order valence-corrected chi connectivity index (χ0v) is 10.6. The van der Waals surface area contributed by atoms with E-state index < -0.39 is 0 Å². The Balaban J connectivity index is 2.57. The number of rotatable bonds is 4. The number of nitrogens with zero attached hydrogens (tertiary/aromatic N) is 1. The highest BCUT2D eigenvalue weighted by molar-refractivity contribution is 5.83. The van der Waals surface area contributed by atoms with Crippen molar-refractivity contribution in [2.45, 2.75) is 47.1 Å². The Bertz CT molecular complexity index is 236. The van der Waals surface area contributed by atoms with Crippen molar-refractivity contribution in [3.63, 3.8) is 0 Å². The molecule has 1 unspecified atom stereocenters. The predicted molar refractivity (Wildman–Crippen MR) is 62.4 cm³/mol. The molecule has 1 atom stereocenters. The van der Waals surface area contributed by atoms with Crippen molar-refractivity contribution < 1.29 is 4.79 Å². The van der Waals surface area contributed by atoms with Crippen LogP contribution >= 0.6 is 0 Å². The lowest BCUT2D eigenvalue weighted by Crippen LogP contribution is -2.39. The molecule has 0 saturated carbocycles. The zero-order valence-electron chi connectivity index (χ0n) is 10.6. The van der Waals surface area contributed by atoms with Crippen molar-refractivity contribution in [1.82, 2.24) is 10.2 Å². The van der Waals surface area contributed by atoms with Crippen LogP contribution in [0.15, 0.2) is 0 Å². The Hall–Kier alpha value is -0.570. The zero-order chi connectivity index (χ0) is 11.6. The Morgan fingerprint density at radius 2 is 2.13 bits per heavy atom. The van der Waals surface area contributed by atoms with E-state index in [0.717, 1.165) is 13.0 Å². The molecule has 1 N–H and O–H groups in total. The largest absolute Gasteiger partial charge is 0.328 e. The normalized spacial score (nSPS) is 22.9. The third-order valence-electron chi connectivity index (χ3n) is 3.71. The molecule has 0 bridgehead atoms. The fraction of sp³-hybridized carbons (Fsp3) is 0.917. The summed E-state index contributed by atoms with van der Waals surface area (Å²) in [6, 6.07) is 0.0490. The number of amides is 1. The van der Waals surface area contributed by atoms with Crippen LogP contribution in [0.1, 0.15) is 41.0 Å². The van der Waals surface area contributed by atoms with E-state index in [1.165, 1.54) is 0 Å². The Morgan fingerprint density at radius 3 is 2.53 bits per heavy atom. The van der Waals surface area contributed by atoms with Gasteiger partial charge in [-0.1, -0.05) is 34.6 Å². The maximum Gasteiger partial charge on any atom is 0.240 e. The van der Waals surface area contributed by atoms with Gasteiger partial charge in [-0.2, -0.15) is 0 Å². The summed E-state index contributed by atoms with van der Waals surface area (Å²) in [7, 11) is 0. The van der Waals surface area contributed by atoms with Crippen molar-refractivity contribution in [2.24, 2.45) is 11.3 Å². The monoisotopic (exact) mass is 212 g/mol. The van der Waals surface area contributed by atoms with Crippen LogP contribution < -0.4 is 5.32 Å². The fourth-order valence-corrected chi connectivity index (χ4v) is 1.73. The summed E-state index contributed by atoms with van der Waals surface area (Å²) in [6.07, 6.45) is 0.886. The highest BCUT2D eigenvalue weighted by Gasteiger charge is 2.34. The molecule has 1 heterocycles. The van der Waals surface area contributed by atoms with E-state index in [-0.39, 0.29) is 17.4 Å². The van der Waals surface area contributed by atoms with Crippen molar-refractivity contribution in [1.29, 1.82) is 0 Å². The average molecular weight is 212 g/mol. The van der Waals surface area contributed by atoms with Gasteiger partial charge in [0, 0.05) is 6.54 Å². The van der Waals surface area contributed by atoms with Crippen molar-refractivity contribution in [2.75, 3.05) is 13.2 Å². The molecule has 0 aromatic rings. The summed E-state index contributed by atoms with van der Waals surface area (Å²) in [5.74, 6) is 0.859. The van der Waals surface area contributed by atoms with Crippen LogP contribution in [-0.2, 0) is 4.79 Å². The SMILES string of the molecule is CCC1NCN(CC(C)(C)C(C)C)C1=O. The predicted octanol–water partition coefficient (Wildman–Crippen LogP) is 1.84. The van der Waals surface area contributed by atoms with Crippen molar-refractivity contribution in [3.8, 4) is 0 Å². The van der Waals surface area contributed by atoms with E-state index in [1.807, 2.05) is 11.8 Å². The molecule has 1 rings (SSSR count). The average Bonchev–Trinajstić information content (AvgIpc) is 2.47. The Morgan fingerprint density at radius 1 is 1.53 bits per heavy atom. The second-order valence-electron chi connectivity index (χ2n) is 5.50. The number of carbonyl (C=O) groups is 1. The third kappa shape index (κ3) is 2.71. The lowest BCUT2D eigenvalue weighted by atomic mass is 9.81. The van der Waals surface area contributed by atoms with Gasteiger partial charge in [0.15, 0.2) is 0 Å². The molecule has 3 nitrogen and oxygen atoms in total. The van der Waals surface area contributed by atoms with Crippen molar-refractivity contribution in [3.05, 3.63) is 0 Å². The molecule has 1 fully saturated rings. The van der Waals surface area contributed by atoms with Gasteiger partial charge in [0.25, 0.3) is 0 Å². The molecule has 15 heavy (non-hydrogen) atoms. The van der Waals surface area contributed by atoms with E-state index in [1.54, 1.807) is 0 Å². The van der Waals surface area contributed by atoms with Gasteiger partial charge in [0.2, 0.25) is 5.91 Å². The lowest BCUT2D eigenvalue weighted by Gasteiger charge is -2.33. The minimum atomic E-state index is 0.0490. The van der Waals surface area contributed by atoms with Gasteiger partial charge in [-0.25, -0.2) is 0 Å². The molecule has 0 radical (unpaired) electrons. The van der Waals surface area contributed by atoms with E-state index >= 15 is 0 Å². The van der Waals surface area contributed by atoms with Gasteiger partial charge in [-0.3, -0.25) is 10.1 Å². The maximum absolute atomic E-state index is 11.9. The van der Waals surface area contributed by atoms with Crippen LogP contribution in [0.25, 0.3) is 0 Å². The van der Waals surface area contributed by atoms with Gasteiger partial charge in [0.05, 0.1) is 12.7 Å². The van der Waals surface area contributed by atoms with Crippen LogP contribution in [0.2, 0.25) is 0 Å². The quantitative estimate of drug-likeness (QED) is 0.771. The van der Waals surface area contributed by atoms with Gasteiger partial charge in [-0.05, 0) is 17.8 Å². The number of hydrogen-bond acceptors (Lipinski definition) is 2. The highest BCUT2D eigenvalue weighted by atomic mass is 16.2. The van der Waals surface area contributed by atoms with Gasteiger partial charge < -0.3 is 4.90 Å². The first-order valence-corrected chi connectivity index (χ1v) is 5.90. The van der Waals surface area contributed by atoms with Gasteiger partial charge in [0.1, 0.15) is 0 Å². The molecule has 0 aromatic carbocycles. The second kappa shape index (κ2) is 4.52. The minimum Gasteiger partial charge on any atom is -0.328 e.